The van der Waals surface area contributed by atoms with Gasteiger partial charge in [0, 0.05) is 42.6 Å². The van der Waals surface area contributed by atoms with Gasteiger partial charge in [0.25, 0.3) is 0 Å². The molecule has 0 aliphatic carbocycles. The Morgan fingerprint density at radius 2 is 2.47 bits per heavy atom. The SMILES string of the molecule is CC1c2ccsc2CCN1CC1(CN)CCCOC1. The first kappa shape index (κ1) is 13.6. The van der Waals surface area contributed by atoms with Crippen LogP contribution in [0.5, 0.6) is 0 Å². The molecule has 4 heteroatoms. The minimum atomic E-state index is 0.181. The van der Waals surface area contributed by atoms with E-state index in [1.165, 1.54) is 18.4 Å². The van der Waals surface area contributed by atoms with E-state index in [0.717, 1.165) is 39.3 Å². The van der Waals surface area contributed by atoms with E-state index in [4.69, 9.17) is 10.5 Å². The van der Waals surface area contributed by atoms with Crippen molar-refractivity contribution in [2.24, 2.45) is 11.1 Å². The van der Waals surface area contributed by atoms with Crippen molar-refractivity contribution in [2.75, 3.05) is 32.8 Å². The van der Waals surface area contributed by atoms with Crippen molar-refractivity contribution in [2.45, 2.75) is 32.2 Å². The van der Waals surface area contributed by atoms with Gasteiger partial charge in [-0.1, -0.05) is 0 Å². The van der Waals surface area contributed by atoms with Gasteiger partial charge in [-0.2, -0.15) is 0 Å². The highest BCUT2D eigenvalue weighted by atomic mass is 32.1. The molecule has 2 atom stereocenters. The molecule has 1 fully saturated rings. The van der Waals surface area contributed by atoms with Gasteiger partial charge in [-0.05, 0) is 43.2 Å². The fourth-order valence-corrected chi connectivity index (χ4v) is 4.43. The van der Waals surface area contributed by atoms with E-state index < -0.39 is 0 Å². The minimum Gasteiger partial charge on any atom is -0.381 e. The quantitative estimate of drug-likeness (QED) is 0.924. The van der Waals surface area contributed by atoms with E-state index in [2.05, 4.69) is 23.3 Å². The lowest BCUT2D eigenvalue weighted by Crippen LogP contribution is -2.49. The van der Waals surface area contributed by atoms with Gasteiger partial charge in [0.05, 0.1) is 6.61 Å². The van der Waals surface area contributed by atoms with Crippen LogP contribution in [0.1, 0.15) is 36.2 Å². The molecule has 0 aromatic carbocycles. The monoisotopic (exact) mass is 280 g/mol. The Morgan fingerprint density at radius 1 is 1.58 bits per heavy atom. The van der Waals surface area contributed by atoms with E-state index in [0.29, 0.717) is 6.04 Å². The Labute approximate surface area is 119 Å². The van der Waals surface area contributed by atoms with Crippen LogP contribution in [0, 0.1) is 5.41 Å². The summed E-state index contributed by atoms with van der Waals surface area (Å²) in [6.45, 7) is 7.07. The summed E-state index contributed by atoms with van der Waals surface area (Å²) in [7, 11) is 0. The van der Waals surface area contributed by atoms with Gasteiger partial charge in [0.1, 0.15) is 0 Å². The number of rotatable bonds is 3. The molecule has 1 aromatic heterocycles. The normalized spacial score (nSPS) is 32.2. The second-order valence-electron chi connectivity index (χ2n) is 6.06. The number of nitrogens with zero attached hydrogens (tertiary/aromatic N) is 1. The van der Waals surface area contributed by atoms with Gasteiger partial charge in [0.2, 0.25) is 0 Å². The Hall–Kier alpha value is -0.420. The zero-order valence-electron chi connectivity index (χ0n) is 11.7. The van der Waals surface area contributed by atoms with E-state index >= 15 is 0 Å². The highest BCUT2D eigenvalue weighted by Gasteiger charge is 2.36. The third kappa shape index (κ3) is 2.59. The first-order chi connectivity index (χ1) is 9.24. The average Bonchev–Trinajstić information content (AvgIpc) is 2.92. The lowest BCUT2D eigenvalue weighted by atomic mass is 9.81. The highest BCUT2D eigenvalue weighted by Crippen LogP contribution is 2.36. The van der Waals surface area contributed by atoms with Crippen LogP contribution in [0.2, 0.25) is 0 Å². The maximum absolute atomic E-state index is 6.07. The fourth-order valence-electron chi connectivity index (χ4n) is 3.47. The van der Waals surface area contributed by atoms with Crippen molar-refractivity contribution in [3.8, 4) is 0 Å². The van der Waals surface area contributed by atoms with Crippen LogP contribution in [0.4, 0.5) is 0 Å². The van der Waals surface area contributed by atoms with Crippen LogP contribution in [-0.2, 0) is 11.2 Å². The van der Waals surface area contributed by atoms with Crippen molar-refractivity contribution in [1.82, 2.24) is 4.90 Å². The second kappa shape index (κ2) is 5.52. The van der Waals surface area contributed by atoms with Crippen molar-refractivity contribution in [3.05, 3.63) is 21.9 Å². The van der Waals surface area contributed by atoms with E-state index in [-0.39, 0.29) is 5.41 Å². The van der Waals surface area contributed by atoms with Gasteiger partial charge in [-0.25, -0.2) is 0 Å². The van der Waals surface area contributed by atoms with Gasteiger partial charge in [-0.15, -0.1) is 11.3 Å². The zero-order valence-corrected chi connectivity index (χ0v) is 12.5. The molecular weight excluding hydrogens is 256 g/mol. The van der Waals surface area contributed by atoms with E-state index in [1.54, 1.807) is 4.88 Å². The van der Waals surface area contributed by atoms with Crippen LogP contribution < -0.4 is 5.73 Å². The zero-order chi connectivity index (χ0) is 13.3. The predicted octanol–water partition coefficient (Wildman–Crippen LogP) is 2.42. The third-order valence-corrected chi connectivity index (χ3v) is 5.78. The smallest absolute Gasteiger partial charge is 0.0546 e. The van der Waals surface area contributed by atoms with Crippen molar-refractivity contribution in [1.29, 1.82) is 0 Å². The molecule has 0 bridgehead atoms. The van der Waals surface area contributed by atoms with Crippen molar-refractivity contribution >= 4 is 11.3 Å². The number of fused-ring (bicyclic) bond motifs is 1. The molecule has 2 unspecified atom stereocenters. The number of hydrogen-bond donors (Lipinski definition) is 1. The Morgan fingerprint density at radius 3 is 3.21 bits per heavy atom. The van der Waals surface area contributed by atoms with Gasteiger partial charge >= 0.3 is 0 Å². The molecule has 0 amide bonds. The molecule has 19 heavy (non-hydrogen) atoms. The Balaban J connectivity index is 1.73. The molecule has 3 nitrogen and oxygen atoms in total. The molecular formula is C15H24N2OS. The molecule has 2 aliphatic heterocycles. The van der Waals surface area contributed by atoms with E-state index in [9.17, 15) is 0 Å². The lowest BCUT2D eigenvalue weighted by Gasteiger charge is -2.43. The molecule has 0 spiro atoms. The molecule has 0 saturated carbocycles. The van der Waals surface area contributed by atoms with Crippen LogP contribution in [-0.4, -0.2) is 37.7 Å². The van der Waals surface area contributed by atoms with Crippen LogP contribution >= 0.6 is 11.3 Å². The summed E-state index contributed by atoms with van der Waals surface area (Å²) in [5.74, 6) is 0. The molecule has 2 aliphatic rings. The van der Waals surface area contributed by atoms with E-state index in [1.807, 2.05) is 11.3 Å². The maximum atomic E-state index is 6.07. The summed E-state index contributed by atoms with van der Waals surface area (Å²) in [4.78, 5) is 4.18. The lowest BCUT2D eigenvalue weighted by molar-refractivity contribution is -0.0289. The van der Waals surface area contributed by atoms with Crippen LogP contribution in [0.15, 0.2) is 11.4 Å². The average molecular weight is 280 g/mol. The summed E-state index contributed by atoms with van der Waals surface area (Å²) in [6, 6.07) is 2.82. The van der Waals surface area contributed by atoms with Crippen LogP contribution in [0.25, 0.3) is 0 Å². The highest BCUT2D eigenvalue weighted by molar-refractivity contribution is 7.10. The molecule has 106 valence electrons. The van der Waals surface area contributed by atoms with Crippen molar-refractivity contribution < 1.29 is 4.74 Å². The summed E-state index contributed by atoms with van der Waals surface area (Å²) in [5, 5.41) is 2.23. The largest absolute Gasteiger partial charge is 0.381 e. The molecule has 0 radical (unpaired) electrons. The second-order valence-corrected chi connectivity index (χ2v) is 7.06. The molecule has 1 aromatic rings. The molecule has 1 saturated heterocycles. The number of thiophene rings is 1. The summed E-state index contributed by atoms with van der Waals surface area (Å²) < 4.78 is 5.70. The maximum Gasteiger partial charge on any atom is 0.0546 e. The number of ether oxygens (including phenoxy) is 1. The number of hydrogen-bond acceptors (Lipinski definition) is 4. The number of nitrogens with two attached hydrogens (primary N) is 1. The van der Waals surface area contributed by atoms with Gasteiger partial charge < -0.3 is 10.5 Å². The summed E-state index contributed by atoms with van der Waals surface area (Å²) in [5.41, 5.74) is 7.78. The van der Waals surface area contributed by atoms with Gasteiger partial charge in [-0.3, -0.25) is 4.90 Å². The Kier molecular flexibility index (Phi) is 3.94. The topological polar surface area (TPSA) is 38.5 Å². The first-order valence-electron chi connectivity index (χ1n) is 7.32. The molecule has 3 rings (SSSR count). The van der Waals surface area contributed by atoms with Crippen LogP contribution in [0.3, 0.4) is 0 Å². The Bertz CT molecular complexity index is 426. The minimum absolute atomic E-state index is 0.181. The predicted molar refractivity (Wildman–Crippen MR) is 79.6 cm³/mol. The summed E-state index contributed by atoms with van der Waals surface area (Å²) in [6.07, 6.45) is 3.56. The first-order valence-corrected chi connectivity index (χ1v) is 8.20. The fraction of sp³-hybridized carbons (Fsp3) is 0.733. The third-order valence-electron chi connectivity index (χ3n) is 4.78. The van der Waals surface area contributed by atoms with Gasteiger partial charge in [0.15, 0.2) is 0 Å². The molecule has 2 N–H and O–H groups in total. The van der Waals surface area contributed by atoms with Crippen molar-refractivity contribution in [3.63, 3.8) is 0 Å². The summed E-state index contributed by atoms with van der Waals surface area (Å²) >= 11 is 1.91. The standard InChI is InChI=1S/C15H24N2OS/c1-12-13-4-8-19-14(13)3-6-17(12)10-15(9-16)5-2-7-18-11-15/h4,8,12H,2-3,5-7,9-11,16H2,1H3. The molecule has 3 heterocycles.